The van der Waals surface area contributed by atoms with Crippen molar-refractivity contribution in [2.24, 2.45) is 0 Å². The number of carbonyl (C=O) groups excluding carboxylic acids is 1. The Morgan fingerprint density at radius 2 is 1.88 bits per heavy atom. The van der Waals surface area contributed by atoms with E-state index in [1.165, 1.54) is 9.71 Å². The lowest BCUT2D eigenvalue weighted by atomic mass is 9.97. The maximum atomic E-state index is 12.7. The Kier molecular flexibility index (Phi) is 5.00. The smallest absolute Gasteiger partial charge is 0.253 e. The second-order valence-corrected chi connectivity index (χ2v) is 7.78. The number of ether oxygens (including phenoxy) is 1. The number of rotatable bonds is 4. The number of benzene rings is 2. The van der Waals surface area contributed by atoms with Gasteiger partial charge in [0.15, 0.2) is 0 Å². The number of piperidine rings is 1. The molecule has 1 saturated heterocycles. The Balaban J connectivity index is 1.40. The van der Waals surface area contributed by atoms with Crippen LogP contribution in [0, 0.1) is 0 Å². The third kappa shape index (κ3) is 3.50. The van der Waals surface area contributed by atoms with Crippen LogP contribution in [0.25, 0.3) is 10.2 Å². The summed E-state index contributed by atoms with van der Waals surface area (Å²) in [6.07, 6.45) is 1.96. The number of methoxy groups -OCH3 is 1. The highest BCUT2D eigenvalue weighted by Gasteiger charge is 2.26. The van der Waals surface area contributed by atoms with E-state index in [4.69, 9.17) is 9.72 Å². The third-order valence-corrected chi connectivity index (χ3v) is 6.15. The molecule has 0 aliphatic carbocycles. The molecule has 4 nitrogen and oxygen atoms in total. The van der Waals surface area contributed by atoms with E-state index in [0.29, 0.717) is 12.5 Å². The minimum absolute atomic E-state index is 0.122. The van der Waals surface area contributed by atoms with E-state index >= 15 is 0 Å². The van der Waals surface area contributed by atoms with Crippen molar-refractivity contribution in [3.8, 4) is 0 Å². The molecule has 5 heteroatoms. The standard InChI is InChI=1S/C21H22N2O2S/c1-25-14-15-6-8-17(9-7-15)21(24)23-12-10-16(11-13-23)20-22-18-4-2-3-5-19(18)26-20/h2-9,16H,10-14H2,1H3. The maximum Gasteiger partial charge on any atom is 0.253 e. The number of nitrogens with zero attached hydrogens (tertiary/aromatic N) is 2. The predicted octanol–water partition coefficient (Wildman–Crippen LogP) is 4.46. The van der Waals surface area contributed by atoms with Crippen LogP contribution in [0.3, 0.4) is 0 Å². The van der Waals surface area contributed by atoms with Gasteiger partial charge in [0.2, 0.25) is 0 Å². The van der Waals surface area contributed by atoms with E-state index in [0.717, 1.165) is 42.6 Å². The molecule has 0 saturated carbocycles. The lowest BCUT2D eigenvalue weighted by Crippen LogP contribution is -2.37. The first-order valence-corrected chi connectivity index (χ1v) is 9.79. The first-order valence-electron chi connectivity index (χ1n) is 8.97. The van der Waals surface area contributed by atoms with Crippen molar-refractivity contribution in [2.45, 2.75) is 25.4 Å². The van der Waals surface area contributed by atoms with Crippen LogP contribution in [0.15, 0.2) is 48.5 Å². The number of thiazole rings is 1. The van der Waals surface area contributed by atoms with E-state index in [2.05, 4.69) is 18.2 Å². The molecule has 26 heavy (non-hydrogen) atoms. The summed E-state index contributed by atoms with van der Waals surface area (Å²) in [6.45, 7) is 2.15. The van der Waals surface area contributed by atoms with Crippen molar-refractivity contribution < 1.29 is 9.53 Å². The monoisotopic (exact) mass is 366 g/mol. The molecule has 1 aliphatic heterocycles. The SMILES string of the molecule is COCc1ccc(C(=O)N2CCC(c3nc4ccccc4s3)CC2)cc1. The summed E-state index contributed by atoms with van der Waals surface area (Å²) in [7, 11) is 1.68. The van der Waals surface area contributed by atoms with Crippen molar-refractivity contribution in [1.29, 1.82) is 0 Å². The molecule has 4 rings (SSSR count). The average Bonchev–Trinajstić information content (AvgIpc) is 3.13. The second-order valence-electron chi connectivity index (χ2n) is 6.72. The van der Waals surface area contributed by atoms with E-state index < -0.39 is 0 Å². The highest BCUT2D eigenvalue weighted by Crippen LogP contribution is 2.34. The van der Waals surface area contributed by atoms with Gasteiger partial charge in [0.1, 0.15) is 0 Å². The van der Waals surface area contributed by atoms with Crippen molar-refractivity contribution in [3.05, 3.63) is 64.7 Å². The average molecular weight is 366 g/mol. The van der Waals surface area contributed by atoms with Gasteiger partial charge in [0.05, 0.1) is 21.8 Å². The molecule has 1 aliphatic rings. The number of carbonyl (C=O) groups is 1. The summed E-state index contributed by atoms with van der Waals surface area (Å²) >= 11 is 1.79. The molecule has 1 amide bonds. The Labute approximate surface area is 157 Å². The van der Waals surface area contributed by atoms with Crippen molar-refractivity contribution >= 4 is 27.5 Å². The number of fused-ring (bicyclic) bond motifs is 1. The first kappa shape index (κ1) is 17.2. The van der Waals surface area contributed by atoms with Crippen molar-refractivity contribution in [3.63, 3.8) is 0 Å². The van der Waals surface area contributed by atoms with Crippen LogP contribution in [0.4, 0.5) is 0 Å². The van der Waals surface area contributed by atoms with Crippen LogP contribution in [0.2, 0.25) is 0 Å². The number of hydrogen-bond acceptors (Lipinski definition) is 4. The molecule has 134 valence electrons. The predicted molar refractivity (Wildman–Crippen MR) is 105 cm³/mol. The van der Waals surface area contributed by atoms with Gasteiger partial charge in [-0.3, -0.25) is 4.79 Å². The summed E-state index contributed by atoms with van der Waals surface area (Å²) in [4.78, 5) is 19.5. The number of likely N-dealkylation sites (tertiary alicyclic amines) is 1. The molecule has 0 atom stereocenters. The number of hydrogen-bond donors (Lipinski definition) is 0. The fraction of sp³-hybridized carbons (Fsp3) is 0.333. The second kappa shape index (κ2) is 7.56. The first-order chi connectivity index (χ1) is 12.7. The van der Waals surface area contributed by atoms with Crippen LogP contribution >= 0.6 is 11.3 Å². The third-order valence-electron chi connectivity index (χ3n) is 4.95. The van der Waals surface area contributed by atoms with E-state index in [9.17, 15) is 4.79 Å². The molecular weight excluding hydrogens is 344 g/mol. The van der Waals surface area contributed by atoms with Crippen molar-refractivity contribution in [2.75, 3.05) is 20.2 Å². The summed E-state index contributed by atoms with van der Waals surface area (Å²) < 4.78 is 6.37. The van der Waals surface area contributed by atoms with E-state index in [1.54, 1.807) is 18.4 Å². The minimum Gasteiger partial charge on any atom is -0.380 e. The number of para-hydroxylation sites is 1. The zero-order valence-electron chi connectivity index (χ0n) is 14.9. The fourth-order valence-corrected chi connectivity index (χ4v) is 4.62. The summed E-state index contributed by atoms with van der Waals surface area (Å²) in [5, 5.41) is 1.21. The van der Waals surface area contributed by atoms with Crippen molar-refractivity contribution in [1.82, 2.24) is 9.88 Å². The molecule has 0 spiro atoms. The lowest BCUT2D eigenvalue weighted by Gasteiger charge is -2.31. The summed E-state index contributed by atoms with van der Waals surface area (Å²) in [6, 6.07) is 16.0. The molecule has 0 N–H and O–H groups in total. The zero-order chi connectivity index (χ0) is 17.9. The highest BCUT2D eigenvalue weighted by atomic mass is 32.1. The Morgan fingerprint density at radius 1 is 1.15 bits per heavy atom. The van der Waals surface area contributed by atoms with Crippen LogP contribution in [0.1, 0.15) is 39.7 Å². The zero-order valence-corrected chi connectivity index (χ0v) is 15.7. The Morgan fingerprint density at radius 3 is 2.58 bits per heavy atom. The van der Waals surface area contributed by atoms with E-state index in [1.807, 2.05) is 35.2 Å². The lowest BCUT2D eigenvalue weighted by molar-refractivity contribution is 0.0713. The molecule has 2 heterocycles. The van der Waals surface area contributed by atoms with Gasteiger partial charge in [-0.25, -0.2) is 4.98 Å². The normalized spacial score (nSPS) is 15.5. The Bertz CT molecular complexity index is 863. The van der Waals surface area contributed by atoms with Gasteiger partial charge in [-0.1, -0.05) is 24.3 Å². The largest absolute Gasteiger partial charge is 0.380 e. The molecule has 3 aromatic rings. The molecule has 0 bridgehead atoms. The Hall–Kier alpha value is -2.24. The van der Waals surface area contributed by atoms with Gasteiger partial charge < -0.3 is 9.64 Å². The van der Waals surface area contributed by atoms with Crippen LogP contribution in [0.5, 0.6) is 0 Å². The van der Waals surface area contributed by atoms with Gasteiger partial charge in [0, 0.05) is 31.7 Å². The van der Waals surface area contributed by atoms with Crippen LogP contribution in [-0.2, 0) is 11.3 Å². The maximum absolute atomic E-state index is 12.7. The van der Waals surface area contributed by atoms with Gasteiger partial charge >= 0.3 is 0 Å². The van der Waals surface area contributed by atoms with Gasteiger partial charge in [0.25, 0.3) is 5.91 Å². The quantitative estimate of drug-likeness (QED) is 0.684. The molecule has 0 unspecified atom stereocenters. The summed E-state index contributed by atoms with van der Waals surface area (Å²) in [5.41, 5.74) is 2.92. The van der Waals surface area contributed by atoms with Crippen LogP contribution in [-0.4, -0.2) is 36.0 Å². The topological polar surface area (TPSA) is 42.4 Å². The van der Waals surface area contributed by atoms with Gasteiger partial charge in [-0.05, 0) is 42.7 Å². The molecule has 1 aromatic heterocycles. The number of aromatic nitrogens is 1. The number of amides is 1. The van der Waals surface area contributed by atoms with Gasteiger partial charge in [-0.15, -0.1) is 11.3 Å². The highest BCUT2D eigenvalue weighted by molar-refractivity contribution is 7.18. The van der Waals surface area contributed by atoms with E-state index in [-0.39, 0.29) is 5.91 Å². The fourth-order valence-electron chi connectivity index (χ4n) is 3.49. The molecule has 0 radical (unpaired) electrons. The molecule has 2 aromatic carbocycles. The summed E-state index contributed by atoms with van der Waals surface area (Å²) in [5.74, 6) is 0.581. The molecule has 1 fully saturated rings. The van der Waals surface area contributed by atoms with Gasteiger partial charge in [-0.2, -0.15) is 0 Å². The van der Waals surface area contributed by atoms with Crippen LogP contribution < -0.4 is 0 Å². The molecular formula is C21H22N2O2S. The minimum atomic E-state index is 0.122.